The lowest BCUT2D eigenvalue weighted by molar-refractivity contribution is 0.198. The second kappa shape index (κ2) is 33.0. The molecule has 0 heterocycles. The Bertz CT molecular complexity index is 1230. The van der Waals surface area contributed by atoms with Crippen molar-refractivity contribution in [2.45, 2.75) is 194 Å². The van der Waals surface area contributed by atoms with Crippen molar-refractivity contribution in [3.8, 4) is 11.5 Å². The van der Waals surface area contributed by atoms with Gasteiger partial charge in [-0.25, -0.2) is 9.13 Å². The smallest absolute Gasteiger partial charge is 0.404 e. The van der Waals surface area contributed by atoms with Gasteiger partial charge in [-0.1, -0.05) is 217 Å². The van der Waals surface area contributed by atoms with E-state index in [1.54, 1.807) is 48.5 Å². The third-order valence-corrected chi connectivity index (χ3v) is 12.1. The van der Waals surface area contributed by atoms with Crippen molar-refractivity contribution in [3.05, 3.63) is 59.7 Å². The molecule has 0 aliphatic heterocycles. The first-order chi connectivity index (χ1) is 27.2. The van der Waals surface area contributed by atoms with Crippen molar-refractivity contribution in [2.24, 2.45) is 0 Å². The molecule has 0 aliphatic carbocycles. The number of hydrogen-bond acceptors (Lipinski definition) is 6. The predicted molar refractivity (Wildman–Crippen MR) is 235 cm³/mol. The van der Waals surface area contributed by atoms with Crippen LogP contribution in [0.4, 0.5) is 0 Å². The van der Waals surface area contributed by atoms with Crippen molar-refractivity contribution >= 4 is 27.8 Å². The van der Waals surface area contributed by atoms with Crippen LogP contribution >= 0.6 is 15.6 Å². The van der Waals surface area contributed by atoms with E-state index in [0.29, 0.717) is 0 Å². The number of hydrogen-bond donors (Lipinski definition) is 2. The fourth-order valence-electron chi connectivity index (χ4n) is 6.74. The van der Waals surface area contributed by atoms with Gasteiger partial charge in [0, 0.05) is 0 Å². The maximum Gasteiger partial charge on any atom is 0.527 e. The molecule has 2 aromatic carbocycles. The van der Waals surface area contributed by atoms with E-state index in [4.69, 9.17) is 18.1 Å². The molecule has 0 bridgehead atoms. The lowest BCUT2D eigenvalue weighted by atomic mass is 10.0. The Morgan fingerprint density at radius 2 is 0.625 bits per heavy atom. The maximum atomic E-state index is 12.4. The first-order valence-corrected chi connectivity index (χ1v) is 25.4. The summed E-state index contributed by atoms with van der Waals surface area (Å²) in [5.74, 6) is 0.519. The summed E-state index contributed by atoms with van der Waals surface area (Å²) in [6.45, 7) is 4.90. The summed E-state index contributed by atoms with van der Waals surface area (Å²) in [4.78, 5) is 20.3. The highest BCUT2D eigenvalue weighted by atomic mass is 31.2. The van der Waals surface area contributed by atoms with Gasteiger partial charge in [-0.3, -0.25) is 18.8 Å². The maximum absolute atomic E-state index is 12.4. The summed E-state index contributed by atoms with van der Waals surface area (Å²) in [5.41, 5.74) is 1.73. The van der Waals surface area contributed by atoms with Gasteiger partial charge in [-0.2, -0.15) is 0 Å². The Labute approximate surface area is 341 Å². The molecule has 320 valence electrons. The van der Waals surface area contributed by atoms with Crippen LogP contribution in [0.15, 0.2) is 48.5 Å². The molecule has 0 aromatic heterocycles. The molecule has 2 rings (SSSR count). The molecular weight excluding hydrogens is 742 g/mol. The number of unbranched alkanes of at least 4 members (excludes halogenated alkanes) is 26. The molecule has 0 radical (unpaired) electrons. The number of phosphoric ester groups is 2. The third-order valence-electron chi connectivity index (χ3n) is 10.2. The standard InChI is InChI=1S/C46H78O8P2/c1-3-5-7-9-11-13-15-17-19-21-23-25-27-29-41-51-55(47,48)53-45-37-33-43(34-38-45)31-32-44-35-39-46(40-36-44)54-56(49,50)52-42-30-28-26-24-22-20-18-16-14-12-10-8-6-4-2/h31-40H,3-30,41-42H2,1-2H3,(H,47,48)(H,49,50)/b32-31+. The minimum Gasteiger partial charge on any atom is -0.404 e. The molecule has 0 saturated heterocycles. The van der Waals surface area contributed by atoms with E-state index in [-0.39, 0.29) is 24.7 Å². The molecule has 2 N–H and O–H groups in total. The van der Waals surface area contributed by atoms with E-state index in [2.05, 4.69) is 13.8 Å². The zero-order valence-corrected chi connectivity index (χ0v) is 37.0. The second-order valence-corrected chi connectivity index (χ2v) is 18.2. The Balaban J connectivity index is 1.53. The predicted octanol–water partition coefficient (Wildman–Crippen LogP) is 15.8. The van der Waals surface area contributed by atoms with Crippen LogP contribution in [0.5, 0.6) is 11.5 Å². The highest BCUT2D eigenvalue weighted by Gasteiger charge is 2.23. The molecule has 0 fully saturated rings. The van der Waals surface area contributed by atoms with Gasteiger partial charge in [-0.05, 0) is 48.2 Å². The normalized spacial score (nSPS) is 13.9. The summed E-state index contributed by atoms with van der Waals surface area (Å²) in [6.07, 6.45) is 38.7. The fraction of sp³-hybridized carbons (Fsp3) is 0.696. The second-order valence-electron chi connectivity index (χ2n) is 15.4. The summed E-state index contributed by atoms with van der Waals surface area (Å²) in [6, 6.07) is 13.7. The molecule has 10 heteroatoms. The van der Waals surface area contributed by atoms with Gasteiger partial charge in [0.2, 0.25) is 0 Å². The van der Waals surface area contributed by atoms with Crippen LogP contribution in [0, 0.1) is 0 Å². The van der Waals surface area contributed by atoms with Gasteiger partial charge >= 0.3 is 15.6 Å². The molecule has 2 unspecified atom stereocenters. The zero-order valence-electron chi connectivity index (χ0n) is 35.2. The van der Waals surface area contributed by atoms with Crippen LogP contribution in [0.2, 0.25) is 0 Å². The van der Waals surface area contributed by atoms with E-state index < -0.39 is 15.6 Å². The molecule has 0 saturated carbocycles. The molecule has 0 aliphatic rings. The zero-order chi connectivity index (χ0) is 40.4. The van der Waals surface area contributed by atoms with Gasteiger partial charge < -0.3 is 9.05 Å². The van der Waals surface area contributed by atoms with Crippen LogP contribution in [0.25, 0.3) is 12.2 Å². The van der Waals surface area contributed by atoms with Crippen molar-refractivity contribution in [3.63, 3.8) is 0 Å². The van der Waals surface area contributed by atoms with Crippen LogP contribution in [0.1, 0.15) is 205 Å². The average Bonchev–Trinajstić information content (AvgIpc) is 3.18. The molecular formula is C46H78O8P2. The van der Waals surface area contributed by atoms with Crippen molar-refractivity contribution in [1.29, 1.82) is 0 Å². The molecule has 2 atom stereocenters. The Morgan fingerprint density at radius 3 is 0.875 bits per heavy atom. The largest absolute Gasteiger partial charge is 0.527 e. The summed E-state index contributed by atoms with van der Waals surface area (Å²) < 4.78 is 45.8. The summed E-state index contributed by atoms with van der Waals surface area (Å²) in [7, 11) is -8.39. The van der Waals surface area contributed by atoms with Crippen molar-refractivity contribution < 1.29 is 37.0 Å². The molecule has 0 amide bonds. The third kappa shape index (κ3) is 28.5. The minimum atomic E-state index is -4.20. The SMILES string of the molecule is CCCCCCCCCCCCCCCCOP(=O)(O)Oc1ccc(/C=C/c2ccc(OP(=O)(O)OCCCCCCCCCCCCCCCC)cc2)cc1. The Kier molecular flexibility index (Phi) is 29.6. The summed E-state index contributed by atoms with van der Waals surface area (Å²) >= 11 is 0. The van der Waals surface area contributed by atoms with Gasteiger partial charge in [0.25, 0.3) is 0 Å². The van der Waals surface area contributed by atoms with Crippen molar-refractivity contribution in [1.82, 2.24) is 0 Å². The van der Waals surface area contributed by atoms with E-state index in [1.165, 1.54) is 141 Å². The van der Waals surface area contributed by atoms with E-state index >= 15 is 0 Å². The highest BCUT2D eigenvalue weighted by Crippen LogP contribution is 2.45. The monoisotopic (exact) mass is 821 g/mol. The van der Waals surface area contributed by atoms with Crippen LogP contribution in [-0.2, 0) is 18.2 Å². The quantitative estimate of drug-likeness (QED) is 0.0391. The number of benzene rings is 2. The molecule has 56 heavy (non-hydrogen) atoms. The number of phosphoric acid groups is 2. The van der Waals surface area contributed by atoms with E-state index in [1.807, 2.05) is 12.2 Å². The van der Waals surface area contributed by atoms with E-state index in [0.717, 1.165) is 49.7 Å². The highest BCUT2D eigenvalue weighted by molar-refractivity contribution is 7.48. The topological polar surface area (TPSA) is 112 Å². The van der Waals surface area contributed by atoms with Crippen molar-refractivity contribution in [2.75, 3.05) is 13.2 Å². The van der Waals surface area contributed by atoms with Crippen LogP contribution in [0.3, 0.4) is 0 Å². The van der Waals surface area contributed by atoms with Gasteiger partial charge in [0.15, 0.2) is 0 Å². The first kappa shape index (κ1) is 50.2. The lowest BCUT2D eigenvalue weighted by Crippen LogP contribution is -1.99. The Hall–Kier alpha value is -1.92. The lowest BCUT2D eigenvalue weighted by Gasteiger charge is -2.13. The molecule has 2 aromatic rings. The van der Waals surface area contributed by atoms with Gasteiger partial charge in [-0.15, -0.1) is 0 Å². The van der Waals surface area contributed by atoms with Gasteiger partial charge in [0.05, 0.1) is 13.2 Å². The van der Waals surface area contributed by atoms with Gasteiger partial charge in [0.1, 0.15) is 11.5 Å². The van der Waals surface area contributed by atoms with E-state index in [9.17, 15) is 18.9 Å². The van der Waals surface area contributed by atoms with Crippen LogP contribution < -0.4 is 9.05 Å². The molecule has 0 spiro atoms. The first-order valence-electron chi connectivity index (χ1n) is 22.4. The minimum absolute atomic E-state index is 0.193. The average molecular weight is 821 g/mol. The Morgan fingerprint density at radius 1 is 0.393 bits per heavy atom. The molecule has 8 nitrogen and oxygen atoms in total. The summed E-state index contributed by atoms with van der Waals surface area (Å²) in [5, 5.41) is 0. The number of rotatable bonds is 38. The fourth-order valence-corrected chi connectivity index (χ4v) is 8.35. The van der Waals surface area contributed by atoms with Crippen LogP contribution in [-0.4, -0.2) is 23.0 Å².